The van der Waals surface area contributed by atoms with Crippen molar-refractivity contribution in [3.8, 4) is 11.5 Å². The number of fused-ring (bicyclic) bond motifs is 1. The van der Waals surface area contributed by atoms with Gasteiger partial charge in [0, 0.05) is 29.7 Å². The number of rotatable bonds is 5. The summed E-state index contributed by atoms with van der Waals surface area (Å²) >= 11 is 0. The summed E-state index contributed by atoms with van der Waals surface area (Å²) in [6, 6.07) is 10.0. The third-order valence-electron chi connectivity index (χ3n) is 4.71. The molecule has 7 heteroatoms. The second-order valence-electron chi connectivity index (χ2n) is 6.83. The number of anilines is 1. The number of hydrogen-bond acceptors (Lipinski definition) is 4. The van der Waals surface area contributed by atoms with Crippen molar-refractivity contribution in [1.29, 1.82) is 0 Å². The Balaban J connectivity index is 0.00000210. The molecule has 2 aliphatic rings. The van der Waals surface area contributed by atoms with Gasteiger partial charge in [0.25, 0.3) is 0 Å². The van der Waals surface area contributed by atoms with E-state index in [1.165, 1.54) is 11.1 Å². The van der Waals surface area contributed by atoms with Gasteiger partial charge >= 0.3 is 0 Å². The van der Waals surface area contributed by atoms with Gasteiger partial charge in [-0.3, -0.25) is 0 Å². The van der Waals surface area contributed by atoms with E-state index in [2.05, 4.69) is 34.3 Å². The van der Waals surface area contributed by atoms with Crippen LogP contribution < -0.4 is 20.5 Å². The summed E-state index contributed by atoms with van der Waals surface area (Å²) in [5.41, 5.74) is 8.42. The summed E-state index contributed by atoms with van der Waals surface area (Å²) < 4.78 is 11.8. The molecule has 0 radical (unpaired) electrons. The molecule has 1 aromatic heterocycles. The molecule has 1 saturated carbocycles. The molecule has 2 heterocycles. The highest BCUT2D eigenvalue weighted by atomic mass is 127. The number of guanidine groups is 1. The molecule has 0 bridgehead atoms. The van der Waals surface area contributed by atoms with Gasteiger partial charge in [-0.25, -0.2) is 9.98 Å². The molecule has 4 rings (SSSR count). The standard InChI is InChI=1S/C20H24N4O2.HI/c1-3-25-18-9-13-8-12(2)26-17(13)11-15(18)14-10-16(14)23-20(21)24-19-6-4-5-7-22-19;/h4-7,9,11-12,14,16H,3,8,10H2,1-2H3,(H3,21,22,23,24);1H. The Labute approximate surface area is 176 Å². The maximum absolute atomic E-state index is 6.04. The van der Waals surface area contributed by atoms with Gasteiger partial charge in [-0.1, -0.05) is 6.07 Å². The summed E-state index contributed by atoms with van der Waals surface area (Å²) in [7, 11) is 0. The van der Waals surface area contributed by atoms with Crippen LogP contribution in [0, 0.1) is 0 Å². The van der Waals surface area contributed by atoms with Crippen LogP contribution in [0.15, 0.2) is 41.5 Å². The number of nitrogens with one attached hydrogen (secondary N) is 1. The molecule has 6 nitrogen and oxygen atoms in total. The van der Waals surface area contributed by atoms with E-state index in [-0.39, 0.29) is 36.1 Å². The number of aliphatic imine (C=N–C) groups is 1. The van der Waals surface area contributed by atoms with Crippen LogP contribution in [0.5, 0.6) is 11.5 Å². The maximum Gasteiger partial charge on any atom is 0.194 e. The largest absolute Gasteiger partial charge is 0.494 e. The lowest BCUT2D eigenvalue weighted by Crippen LogP contribution is -2.23. The first-order valence-corrected chi connectivity index (χ1v) is 9.11. The normalized spacial score (nSPS) is 23.0. The molecule has 0 spiro atoms. The van der Waals surface area contributed by atoms with Crippen LogP contribution in [0.3, 0.4) is 0 Å². The van der Waals surface area contributed by atoms with E-state index < -0.39 is 0 Å². The van der Waals surface area contributed by atoms with Crippen molar-refractivity contribution >= 4 is 35.8 Å². The number of nitrogens with zero attached hydrogens (tertiary/aromatic N) is 2. The topological polar surface area (TPSA) is 81.8 Å². The number of halogens is 1. The predicted molar refractivity (Wildman–Crippen MR) is 117 cm³/mol. The summed E-state index contributed by atoms with van der Waals surface area (Å²) in [4.78, 5) is 8.80. The van der Waals surface area contributed by atoms with Crippen molar-refractivity contribution in [2.24, 2.45) is 10.7 Å². The highest BCUT2D eigenvalue weighted by Gasteiger charge is 2.41. The highest BCUT2D eigenvalue weighted by molar-refractivity contribution is 14.0. The lowest BCUT2D eigenvalue weighted by molar-refractivity contribution is 0.254. The minimum atomic E-state index is 0. The predicted octanol–water partition coefficient (Wildman–Crippen LogP) is 3.70. The zero-order valence-electron chi connectivity index (χ0n) is 15.5. The van der Waals surface area contributed by atoms with E-state index >= 15 is 0 Å². The smallest absolute Gasteiger partial charge is 0.194 e. The summed E-state index contributed by atoms with van der Waals surface area (Å²) in [5, 5.41) is 3.03. The zero-order chi connectivity index (χ0) is 18.1. The molecule has 0 saturated heterocycles. The Hall–Kier alpha value is -2.03. The van der Waals surface area contributed by atoms with Crippen molar-refractivity contribution in [2.45, 2.75) is 44.8 Å². The van der Waals surface area contributed by atoms with Gasteiger partial charge in [0.15, 0.2) is 5.96 Å². The molecular formula is C20H25IN4O2. The first-order chi connectivity index (χ1) is 12.6. The van der Waals surface area contributed by atoms with Crippen LogP contribution in [0.1, 0.15) is 37.3 Å². The number of hydrogen-bond donors (Lipinski definition) is 2. The van der Waals surface area contributed by atoms with E-state index in [9.17, 15) is 0 Å². The van der Waals surface area contributed by atoms with Crippen LogP contribution in [0.2, 0.25) is 0 Å². The van der Waals surface area contributed by atoms with Crippen LogP contribution in [-0.4, -0.2) is 29.7 Å². The molecule has 3 unspecified atom stereocenters. The van der Waals surface area contributed by atoms with Gasteiger partial charge in [-0.05, 0) is 44.5 Å². The lowest BCUT2D eigenvalue weighted by Gasteiger charge is -2.12. The van der Waals surface area contributed by atoms with Gasteiger partial charge in [-0.15, -0.1) is 24.0 Å². The number of aromatic nitrogens is 1. The lowest BCUT2D eigenvalue weighted by atomic mass is 10.0. The van der Waals surface area contributed by atoms with Crippen LogP contribution >= 0.6 is 24.0 Å². The fraction of sp³-hybridized carbons (Fsp3) is 0.400. The van der Waals surface area contributed by atoms with Crippen LogP contribution in [-0.2, 0) is 6.42 Å². The molecule has 0 amide bonds. The summed E-state index contributed by atoms with van der Waals surface area (Å²) in [6.07, 6.45) is 3.83. The van der Waals surface area contributed by atoms with Gasteiger partial charge in [-0.2, -0.15) is 0 Å². The fourth-order valence-electron chi connectivity index (χ4n) is 3.46. The highest BCUT2D eigenvalue weighted by Crippen LogP contribution is 2.49. The summed E-state index contributed by atoms with van der Waals surface area (Å²) in [5.74, 6) is 3.32. The van der Waals surface area contributed by atoms with Crippen molar-refractivity contribution < 1.29 is 9.47 Å². The molecule has 3 atom stereocenters. The Morgan fingerprint density at radius 3 is 3.00 bits per heavy atom. The zero-order valence-corrected chi connectivity index (χ0v) is 17.8. The average molecular weight is 480 g/mol. The Kier molecular flexibility index (Phi) is 6.08. The Morgan fingerprint density at radius 1 is 1.41 bits per heavy atom. The van der Waals surface area contributed by atoms with E-state index in [0.717, 1.165) is 24.3 Å². The van der Waals surface area contributed by atoms with Crippen molar-refractivity contribution in [3.05, 3.63) is 47.7 Å². The molecule has 1 aromatic carbocycles. The third-order valence-corrected chi connectivity index (χ3v) is 4.71. The van der Waals surface area contributed by atoms with Gasteiger partial charge in [0.1, 0.15) is 23.4 Å². The maximum atomic E-state index is 6.04. The van der Waals surface area contributed by atoms with Crippen molar-refractivity contribution in [2.75, 3.05) is 11.9 Å². The average Bonchev–Trinajstić information content (AvgIpc) is 3.26. The first-order valence-electron chi connectivity index (χ1n) is 9.11. The van der Waals surface area contributed by atoms with Crippen molar-refractivity contribution in [1.82, 2.24) is 4.98 Å². The van der Waals surface area contributed by atoms with E-state index in [1.54, 1.807) is 6.20 Å². The number of ether oxygens (including phenoxy) is 2. The number of pyridine rings is 1. The third kappa shape index (κ3) is 4.45. The minimum absolute atomic E-state index is 0. The number of benzene rings is 1. The minimum Gasteiger partial charge on any atom is -0.494 e. The second kappa shape index (κ2) is 8.33. The molecule has 2 aromatic rings. The van der Waals surface area contributed by atoms with E-state index in [1.807, 2.05) is 25.1 Å². The molecule has 27 heavy (non-hydrogen) atoms. The van der Waals surface area contributed by atoms with Crippen molar-refractivity contribution in [3.63, 3.8) is 0 Å². The van der Waals surface area contributed by atoms with Gasteiger partial charge in [0.05, 0.1) is 12.6 Å². The summed E-state index contributed by atoms with van der Waals surface area (Å²) in [6.45, 7) is 4.74. The van der Waals surface area contributed by atoms with E-state index in [0.29, 0.717) is 24.3 Å². The Morgan fingerprint density at radius 2 is 2.26 bits per heavy atom. The molecule has 1 fully saturated rings. The second-order valence-corrected chi connectivity index (χ2v) is 6.83. The Bertz CT molecular complexity index is 828. The number of nitrogens with two attached hydrogens (primary N) is 1. The van der Waals surface area contributed by atoms with Crippen LogP contribution in [0.4, 0.5) is 5.82 Å². The molecule has 144 valence electrons. The van der Waals surface area contributed by atoms with Gasteiger partial charge < -0.3 is 20.5 Å². The SMILES string of the molecule is CCOc1cc2c(cc1C1CC1N=C(N)Nc1ccccn1)OC(C)C2.I. The molecular weight excluding hydrogens is 455 g/mol. The van der Waals surface area contributed by atoms with Crippen LogP contribution in [0.25, 0.3) is 0 Å². The first kappa shape index (κ1) is 19.7. The molecule has 1 aliphatic carbocycles. The quantitative estimate of drug-likeness (QED) is 0.388. The fourth-order valence-corrected chi connectivity index (χ4v) is 3.46. The van der Waals surface area contributed by atoms with Gasteiger partial charge in [0.2, 0.25) is 0 Å². The molecule has 3 N–H and O–H groups in total. The molecule has 1 aliphatic heterocycles. The monoisotopic (exact) mass is 480 g/mol. The van der Waals surface area contributed by atoms with E-state index in [4.69, 9.17) is 15.2 Å².